The number of Topliss-reactive ketones (excluding diaryl/α,β-unsaturated/α-hetero) is 1. The fraction of sp³-hybridized carbons (Fsp3) is 0.643. The molecule has 0 bridgehead atoms. The van der Waals surface area contributed by atoms with E-state index in [0.717, 1.165) is 19.5 Å². The first-order valence-corrected chi connectivity index (χ1v) is 7.27. The van der Waals surface area contributed by atoms with Crippen LogP contribution < -0.4 is 0 Å². The highest BCUT2D eigenvalue weighted by Crippen LogP contribution is 2.33. The quantitative estimate of drug-likeness (QED) is 0.821. The molecule has 0 spiro atoms. The summed E-state index contributed by atoms with van der Waals surface area (Å²) >= 11 is 1.83. The molecule has 2 rings (SSSR count). The van der Waals surface area contributed by atoms with Gasteiger partial charge in [-0.3, -0.25) is 9.69 Å². The van der Waals surface area contributed by atoms with E-state index in [4.69, 9.17) is 0 Å². The maximum Gasteiger partial charge on any atom is 0.138 e. The minimum absolute atomic E-state index is 0.199. The standard InChI is InChI=1S/C14H21NOS/c1-10(2)14(13-5-4-8-17-13)15-7-6-12(16)11(3)9-15/h4-5,8,10-11,14H,6-7,9H2,1-3H3. The molecule has 0 amide bonds. The molecular weight excluding hydrogens is 230 g/mol. The van der Waals surface area contributed by atoms with E-state index in [2.05, 4.69) is 43.2 Å². The van der Waals surface area contributed by atoms with Gasteiger partial charge in [0.05, 0.1) is 0 Å². The SMILES string of the molecule is CC1CN(C(c2cccs2)C(C)C)CCC1=O. The lowest BCUT2D eigenvalue weighted by Crippen LogP contribution is -2.43. The lowest BCUT2D eigenvalue weighted by Gasteiger charge is -2.38. The van der Waals surface area contributed by atoms with Gasteiger partial charge in [-0.1, -0.05) is 26.8 Å². The zero-order chi connectivity index (χ0) is 12.4. The Bertz CT molecular complexity index is 372. The van der Waals surface area contributed by atoms with Gasteiger partial charge in [0.1, 0.15) is 5.78 Å². The van der Waals surface area contributed by atoms with Gasteiger partial charge < -0.3 is 0 Å². The van der Waals surface area contributed by atoms with Crippen LogP contribution in [-0.4, -0.2) is 23.8 Å². The van der Waals surface area contributed by atoms with Gasteiger partial charge in [0.25, 0.3) is 0 Å². The molecule has 2 unspecified atom stereocenters. The van der Waals surface area contributed by atoms with E-state index in [0.29, 0.717) is 17.7 Å². The third-order valence-electron chi connectivity index (χ3n) is 3.56. The molecule has 1 aliphatic heterocycles. The van der Waals surface area contributed by atoms with Gasteiger partial charge in [-0.05, 0) is 17.4 Å². The molecule has 1 fully saturated rings. The first-order valence-electron chi connectivity index (χ1n) is 6.39. The van der Waals surface area contributed by atoms with Gasteiger partial charge in [-0.15, -0.1) is 11.3 Å². The molecule has 17 heavy (non-hydrogen) atoms. The molecule has 0 aliphatic carbocycles. The molecule has 1 aromatic heterocycles. The first kappa shape index (κ1) is 12.8. The number of piperidine rings is 1. The number of ketones is 1. The molecule has 2 atom stereocenters. The van der Waals surface area contributed by atoms with Crippen molar-refractivity contribution >= 4 is 17.1 Å². The van der Waals surface area contributed by atoms with E-state index >= 15 is 0 Å². The highest BCUT2D eigenvalue weighted by atomic mass is 32.1. The van der Waals surface area contributed by atoms with Crippen LogP contribution in [-0.2, 0) is 4.79 Å². The van der Waals surface area contributed by atoms with Crippen molar-refractivity contribution < 1.29 is 4.79 Å². The lowest BCUT2D eigenvalue weighted by atomic mass is 9.93. The molecule has 1 saturated heterocycles. The van der Waals surface area contributed by atoms with Crippen LogP contribution in [0.4, 0.5) is 0 Å². The predicted octanol–water partition coefficient (Wildman–Crippen LogP) is 3.36. The van der Waals surface area contributed by atoms with E-state index < -0.39 is 0 Å². The maximum atomic E-state index is 11.6. The van der Waals surface area contributed by atoms with Gasteiger partial charge in [0, 0.05) is 36.3 Å². The van der Waals surface area contributed by atoms with E-state index in [1.165, 1.54) is 4.88 Å². The molecule has 0 radical (unpaired) electrons. The van der Waals surface area contributed by atoms with Crippen molar-refractivity contribution in [2.75, 3.05) is 13.1 Å². The van der Waals surface area contributed by atoms with Crippen molar-refractivity contribution in [1.29, 1.82) is 0 Å². The smallest absolute Gasteiger partial charge is 0.138 e. The lowest BCUT2D eigenvalue weighted by molar-refractivity contribution is -0.126. The summed E-state index contributed by atoms with van der Waals surface area (Å²) in [6.07, 6.45) is 0.718. The van der Waals surface area contributed by atoms with Crippen LogP contribution >= 0.6 is 11.3 Å². The molecule has 0 saturated carbocycles. The second-order valence-electron chi connectivity index (χ2n) is 5.32. The van der Waals surface area contributed by atoms with Crippen LogP contribution in [0.25, 0.3) is 0 Å². The molecule has 0 aromatic carbocycles. The Balaban J connectivity index is 2.15. The third kappa shape index (κ3) is 2.78. The van der Waals surface area contributed by atoms with Gasteiger partial charge in [0.15, 0.2) is 0 Å². The Morgan fingerprint density at radius 1 is 1.47 bits per heavy atom. The molecule has 3 heteroatoms. The summed E-state index contributed by atoms with van der Waals surface area (Å²) in [6.45, 7) is 8.43. The fourth-order valence-electron chi connectivity index (χ4n) is 2.69. The minimum atomic E-state index is 0.199. The fourth-order valence-corrected chi connectivity index (χ4v) is 3.72. The molecule has 2 nitrogen and oxygen atoms in total. The highest BCUT2D eigenvalue weighted by Gasteiger charge is 2.31. The van der Waals surface area contributed by atoms with Crippen LogP contribution in [0.15, 0.2) is 17.5 Å². The summed E-state index contributed by atoms with van der Waals surface area (Å²) in [6, 6.07) is 4.81. The molecule has 0 N–H and O–H groups in total. The second kappa shape index (κ2) is 5.32. The van der Waals surface area contributed by atoms with Gasteiger partial charge >= 0.3 is 0 Å². The normalized spacial score (nSPS) is 24.2. The van der Waals surface area contributed by atoms with Crippen LogP contribution in [0.3, 0.4) is 0 Å². The van der Waals surface area contributed by atoms with Crippen molar-refractivity contribution in [1.82, 2.24) is 4.90 Å². The Morgan fingerprint density at radius 3 is 2.76 bits per heavy atom. The number of carbonyl (C=O) groups excluding carboxylic acids is 1. The van der Waals surface area contributed by atoms with Crippen molar-refractivity contribution in [2.45, 2.75) is 33.2 Å². The van der Waals surface area contributed by atoms with Crippen molar-refractivity contribution in [3.05, 3.63) is 22.4 Å². The number of hydrogen-bond donors (Lipinski definition) is 0. The number of rotatable bonds is 3. The molecule has 94 valence electrons. The highest BCUT2D eigenvalue weighted by molar-refractivity contribution is 7.10. The number of carbonyl (C=O) groups is 1. The Kier molecular flexibility index (Phi) is 4.00. The molecule has 1 aliphatic rings. The third-order valence-corrected chi connectivity index (χ3v) is 4.51. The van der Waals surface area contributed by atoms with E-state index in [9.17, 15) is 4.79 Å². The largest absolute Gasteiger partial charge is 0.299 e. The Labute approximate surface area is 108 Å². The maximum absolute atomic E-state index is 11.6. The number of likely N-dealkylation sites (tertiary alicyclic amines) is 1. The van der Waals surface area contributed by atoms with Crippen LogP contribution in [0.2, 0.25) is 0 Å². The van der Waals surface area contributed by atoms with E-state index in [-0.39, 0.29) is 5.92 Å². The number of thiophene rings is 1. The predicted molar refractivity (Wildman–Crippen MR) is 72.3 cm³/mol. The van der Waals surface area contributed by atoms with Crippen LogP contribution in [0.1, 0.15) is 38.1 Å². The first-order chi connectivity index (χ1) is 8.09. The van der Waals surface area contributed by atoms with Crippen molar-refractivity contribution in [3.8, 4) is 0 Å². The zero-order valence-corrected chi connectivity index (χ0v) is 11.7. The van der Waals surface area contributed by atoms with Crippen LogP contribution in [0, 0.1) is 11.8 Å². The van der Waals surface area contributed by atoms with Crippen LogP contribution in [0.5, 0.6) is 0 Å². The molecular formula is C14H21NOS. The number of nitrogens with zero attached hydrogens (tertiary/aromatic N) is 1. The summed E-state index contributed by atoms with van der Waals surface area (Å²) in [7, 11) is 0. The van der Waals surface area contributed by atoms with Crippen molar-refractivity contribution in [3.63, 3.8) is 0 Å². The molecule has 2 heterocycles. The van der Waals surface area contributed by atoms with Gasteiger partial charge in [-0.25, -0.2) is 0 Å². The topological polar surface area (TPSA) is 20.3 Å². The Morgan fingerprint density at radius 2 is 2.24 bits per heavy atom. The summed E-state index contributed by atoms with van der Waals surface area (Å²) in [5, 5.41) is 2.14. The summed E-state index contributed by atoms with van der Waals surface area (Å²) in [5.41, 5.74) is 0. The molecule has 1 aromatic rings. The summed E-state index contributed by atoms with van der Waals surface area (Å²) < 4.78 is 0. The number of hydrogen-bond acceptors (Lipinski definition) is 3. The summed E-state index contributed by atoms with van der Waals surface area (Å²) in [5.74, 6) is 1.22. The zero-order valence-electron chi connectivity index (χ0n) is 10.8. The average Bonchev–Trinajstić information content (AvgIpc) is 2.76. The second-order valence-corrected chi connectivity index (χ2v) is 6.30. The van der Waals surface area contributed by atoms with Crippen molar-refractivity contribution in [2.24, 2.45) is 11.8 Å². The monoisotopic (exact) mass is 251 g/mol. The Hall–Kier alpha value is -0.670. The average molecular weight is 251 g/mol. The van der Waals surface area contributed by atoms with E-state index in [1.807, 2.05) is 11.3 Å². The minimum Gasteiger partial charge on any atom is -0.299 e. The van der Waals surface area contributed by atoms with Gasteiger partial charge in [0.2, 0.25) is 0 Å². The van der Waals surface area contributed by atoms with Gasteiger partial charge in [-0.2, -0.15) is 0 Å². The summed E-state index contributed by atoms with van der Waals surface area (Å²) in [4.78, 5) is 15.5. The van der Waals surface area contributed by atoms with E-state index in [1.54, 1.807) is 0 Å².